The van der Waals surface area contributed by atoms with Gasteiger partial charge < -0.3 is 24.1 Å². The number of nitrogens with one attached hydrogen (secondary N) is 1. The van der Waals surface area contributed by atoms with E-state index >= 15 is 0 Å². The van der Waals surface area contributed by atoms with Crippen molar-refractivity contribution < 1.29 is 14.2 Å². The van der Waals surface area contributed by atoms with Gasteiger partial charge in [0.25, 0.3) is 0 Å². The van der Waals surface area contributed by atoms with Gasteiger partial charge in [-0.25, -0.2) is 0 Å². The van der Waals surface area contributed by atoms with Crippen LogP contribution in [0.5, 0.6) is 17.2 Å². The quantitative estimate of drug-likeness (QED) is 0.624. The number of hydrogen-bond donors (Lipinski definition) is 1. The second kappa shape index (κ2) is 8.37. The first-order chi connectivity index (χ1) is 14.4. The molecule has 1 saturated heterocycles. The number of aromatic nitrogens is 1. The number of hydrogen-bond acceptors (Lipinski definition) is 4. The van der Waals surface area contributed by atoms with Crippen molar-refractivity contribution in [2.75, 3.05) is 39.5 Å². The van der Waals surface area contributed by atoms with E-state index in [1.165, 1.54) is 18.4 Å². The van der Waals surface area contributed by atoms with Gasteiger partial charge in [-0.2, -0.15) is 0 Å². The minimum Gasteiger partial charge on any atom is -0.493 e. The lowest BCUT2D eigenvalue weighted by Gasteiger charge is -2.32. The Morgan fingerprint density at radius 3 is 2.76 bits per heavy atom. The molecular weight excluding hydrogens is 364 g/mol. The highest BCUT2D eigenvalue weighted by Gasteiger charge is 2.22. The van der Waals surface area contributed by atoms with Crippen LogP contribution in [0.3, 0.4) is 0 Å². The van der Waals surface area contributed by atoms with E-state index in [-0.39, 0.29) is 0 Å². The highest BCUT2D eigenvalue weighted by molar-refractivity contribution is 5.85. The number of rotatable bonds is 6. The smallest absolute Gasteiger partial charge is 0.161 e. The van der Waals surface area contributed by atoms with Gasteiger partial charge in [-0.05, 0) is 74.2 Å². The van der Waals surface area contributed by atoms with Gasteiger partial charge in [0.1, 0.15) is 19.0 Å². The van der Waals surface area contributed by atoms with Crippen LogP contribution in [0.25, 0.3) is 10.9 Å². The van der Waals surface area contributed by atoms with Crippen LogP contribution in [0.2, 0.25) is 0 Å². The zero-order valence-electron chi connectivity index (χ0n) is 16.7. The van der Waals surface area contributed by atoms with Gasteiger partial charge in [0.05, 0.1) is 6.61 Å². The molecule has 0 unspecified atom stereocenters. The van der Waals surface area contributed by atoms with Crippen molar-refractivity contribution >= 4 is 10.9 Å². The number of piperidine rings is 1. The number of benzene rings is 2. The molecule has 5 rings (SSSR count). The predicted octanol–water partition coefficient (Wildman–Crippen LogP) is 4.59. The standard InChI is InChI=1S/C24H28N2O3/c1-3-21-20(7-10-25-21)22(4-1)27-14-2-11-26-12-8-18(9-13-26)19-5-6-23-24(17-19)29-16-15-28-23/h1,3-7,10,17-18,25H,2,8-9,11-16H2. The molecule has 0 aliphatic carbocycles. The highest BCUT2D eigenvalue weighted by Crippen LogP contribution is 2.36. The maximum Gasteiger partial charge on any atom is 0.161 e. The summed E-state index contributed by atoms with van der Waals surface area (Å²) in [5, 5.41) is 1.16. The lowest BCUT2D eigenvalue weighted by atomic mass is 9.89. The molecule has 0 saturated carbocycles. The molecule has 5 nitrogen and oxygen atoms in total. The average Bonchev–Trinajstić information content (AvgIpc) is 3.26. The number of nitrogens with zero attached hydrogens (tertiary/aromatic N) is 1. The SMILES string of the molecule is c1cc(OCCCN2CCC(c3ccc4c(c3)OCCO4)CC2)c2cc[nH]c2c1. The molecule has 1 aromatic heterocycles. The summed E-state index contributed by atoms with van der Waals surface area (Å²) in [6.45, 7) is 5.44. The van der Waals surface area contributed by atoms with Gasteiger partial charge in [0, 0.05) is 23.6 Å². The Morgan fingerprint density at radius 1 is 1.00 bits per heavy atom. The maximum atomic E-state index is 6.04. The zero-order chi connectivity index (χ0) is 19.5. The first-order valence-corrected chi connectivity index (χ1v) is 10.7. The molecule has 29 heavy (non-hydrogen) atoms. The van der Waals surface area contributed by atoms with E-state index in [4.69, 9.17) is 14.2 Å². The summed E-state index contributed by atoms with van der Waals surface area (Å²) in [4.78, 5) is 5.80. The monoisotopic (exact) mass is 392 g/mol. The van der Waals surface area contributed by atoms with Crippen LogP contribution in [-0.2, 0) is 0 Å². The predicted molar refractivity (Wildman–Crippen MR) is 114 cm³/mol. The summed E-state index contributed by atoms with van der Waals surface area (Å²) in [6, 6.07) is 14.7. The van der Waals surface area contributed by atoms with Gasteiger partial charge >= 0.3 is 0 Å². The number of fused-ring (bicyclic) bond motifs is 2. The zero-order valence-corrected chi connectivity index (χ0v) is 16.7. The van der Waals surface area contributed by atoms with Crippen LogP contribution in [0.1, 0.15) is 30.7 Å². The Bertz CT molecular complexity index is 960. The Balaban J connectivity index is 1.08. The second-order valence-electron chi connectivity index (χ2n) is 7.92. The Kier molecular flexibility index (Phi) is 5.31. The first-order valence-electron chi connectivity index (χ1n) is 10.7. The first kappa shape index (κ1) is 18.4. The molecule has 152 valence electrons. The summed E-state index contributed by atoms with van der Waals surface area (Å²) < 4.78 is 17.4. The van der Waals surface area contributed by atoms with Crippen molar-refractivity contribution in [1.82, 2.24) is 9.88 Å². The molecule has 3 heterocycles. The van der Waals surface area contributed by atoms with E-state index in [1.807, 2.05) is 12.3 Å². The largest absolute Gasteiger partial charge is 0.493 e. The molecule has 0 radical (unpaired) electrons. The van der Waals surface area contributed by atoms with Crippen LogP contribution in [0.15, 0.2) is 48.7 Å². The third kappa shape index (κ3) is 4.06. The van der Waals surface area contributed by atoms with Crippen LogP contribution in [-0.4, -0.2) is 49.3 Å². The van der Waals surface area contributed by atoms with Crippen molar-refractivity contribution in [3.05, 3.63) is 54.2 Å². The second-order valence-corrected chi connectivity index (χ2v) is 7.92. The van der Waals surface area contributed by atoms with Gasteiger partial charge in [-0.15, -0.1) is 0 Å². The molecule has 5 heteroatoms. The number of likely N-dealkylation sites (tertiary alicyclic amines) is 1. The lowest BCUT2D eigenvalue weighted by molar-refractivity contribution is 0.170. The molecule has 0 atom stereocenters. The molecule has 3 aromatic rings. The molecular formula is C24H28N2O3. The fourth-order valence-corrected chi connectivity index (χ4v) is 4.46. The Hall–Kier alpha value is -2.66. The molecule has 0 bridgehead atoms. The topological polar surface area (TPSA) is 46.7 Å². The fraction of sp³-hybridized carbons (Fsp3) is 0.417. The number of aromatic amines is 1. The fourth-order valence-electron chi connectivity index (χ4n) is 4.46. The Labute approximate surface area is 171 Å². The van der Waals surface area contributed by atoms with Crippen molar-refractivity contribution in [2.45, 2.75) is 25.2 Å². The average molecular weight is 392 g/mol. The summed E-state index contributed by atoms with van der Waals surface area (Å²) in [7, 11) is 0. The normalized spacial score (nSPS) is 17.5. The van der Waals surface area contributed by atoms with Crippen molar-refractivity contribution in [2.24, 2.45) is 0 Å². The molecule has 1 fully saturated rings. The van der Waals surface area contributed by atoms with Crippen LogP contribution in [0.4, 0.5) is 0 Å². The van der Waals surface area contributed by atoms with Gasteiger partial charge in [-0.3, -0.25) is 0 Å². The summed E-state index contributed by atoms with van der Waals surface area (Å²) in [5.74, 6) is 3.38. The van der Waals surface area contributed by atoms with E-state index in [0.29, 0.717) is 19.1 Å². The van der Waals surface area contributed by atoms with E-state index in [2.05, 4.69) is 46.3 Å². The summed E-state index contributed by atoms with van der Waals surface area (Å²) in [5.41, 5.74) is 2.51. The molecule has 0 spiro atoms. The van der Waals surface area contributed by atoms with Gasteiger partial charge in [-0.1, -0.05) is 12.1 Å². The van der Waals surface area contributed by atoms with E-state index in [9.17, 15) is 0 Å². The summed E-state index contributed by atoms with van der Waals surface area (Å²) >= 11 is 0. The van der Waals surface area contributed by atoms with E-state index in [0.717, 1.165) is 60.8 Å². The van der Waals surface area contributed by atoms with E-state index in [1.54, 1.807) is 0 Å². The molecule has 2 aliphatic rings. The third-order valence-corrected chi connectivity index (χ3v) is 6.06. The number of H-pyrrole nitrogens is 1. The summed E-state index contributed by atoms with van der Waals surface area (Å²) in [6.07, 6.45) is 5.41. The van der Waals surface area contributed by atoms with Crippen LogP contribution in [0, 0.1) is 0 Å². The van der Waals surface area contributed by atoms with Crippen molar-refractivity contribution in [1.29, 1.82) is 0 Å². The maximum absolute atomic E-state index is 6.04. The third-order valence-electron chi connectivity index (χ3n) is 6.06. The lowest BCUT2D eigenvalue weighted by Crippen LogP contribution is -2.34. The van der Waals surface area contributed by atoms with E-state index < -0.39 is 0 Å². The van der Waals surface area contributed by atoms with Crippen molar-refractivity contribution in [3.63, 3.8) is 0 Å². The highest BCUT2D eigenvalue weighted by atomic mass is 16.6. The minimum absolute atomic E-state index is 0.615. The van der Waals surface area contributed by atoms with Gasteiger partial charge in [0.2, 0.25) is 0 Å². The molecule has 2 aromatic carbocycles. The van der Waals surface area contributed by atoms with Gasteiger partial charge in [0.15, 0.2) is 11.5 Å². The molecule has 1 N–H and O–H groups in total. The minimum atomic E-state index is 0.615. The van der Waals surface area contributed by atoms with Crippen LogP contribution >= 0.6 is 0 Å². The molecule has 0 amide bonds. The van der Waals surface area contributed by atoms with Crippen LogP contribution < -0.4 is 14.2 Å². The Morgan fingerprint density at radius 2 is 1.86 bits per heavy atom. The van der Waals surface area contributed by atoms with Crippen molar-refractivity contribution in [3.8, 4) is 17.2 Å². The number of ether oxygens (including phenoxy) is 3. The molecule has 2 aliphatic heterocycles.